The second-order valence-corrected chi connectivity index (χ2v) is 12.4. The molecule has 8 nitrogen and oxygen atoms in total. The zero-order chi connectivity index (χ0) is 29.1. The van der Waals surface area contributed by atoms with Gasteiger partial charge >= 0.3 is 6.09 Å². The van der Waals surface area contributed by atoms with E-state index in [1.807, 2.05) is 24.3 Å². The standard InChI is InChI=1S/C28H28Cl2FN3O5S/c1-28(2,3)39-27(35)32-14-13-17-7-9-18(10-8-17)16-38-22-5-4-6-23(25(22)31)40(36,37)34-21-12-11-19(29)24-20(30)15-33-26(21)24/h4-12,15,33-34H,13-14,16H2,1-3H3,(H,32,35). The Morgan fingerprint density at radius 1 is 1.00 bits per heavy atom. The van der Waals surface area contributed by atoms with Crippen molar-refractivity contribution in [3.05, 3.63) is 87.8 Å². The van der Waals surface area contributed by atoms with Crippen molar-refractivity contribution in [2.45, 2.75) is 44.3 Å². The number of amides is 1. The number of halogens is 3. The molecule has 212 valence electrons. The van der Waals surface area contributed by atoms with Crippen LogP contribution in [0.2, 0.25) is 10.0 Å². The van der Waals surface area contributed by atoms with Gasteiger partial charge in [0.05, 0.1) is 21.2 Å². The average molecular weight is 609 g/mol. The maximum absolute atomic E-state index is 15.3. The summed E-state index contributed by atoms with van der Waals surface area (Å²) in [6.07, 6.45) is 1.60. The predicted molar refractivity (Wildman–Crippen MR) is 154 cm³/mol. The minimum absolute atomic E-state index is 0.0169. The molecular formula is C28H28Cl2FN3O5S. The number of carbonyl (C=O) groups excluding carboxylic acids is 1. The zero-order valence-electron chi connectivity index (χ0n) is 22.0. The van der Waals surface area contributed by atoms with Crippen LogP contribution in [-0.2, 0) is 27.8 Å². The summed E-state index contributed by atoms with van der Waals surface area (Å²) < 4.78 is 54.7. The van der Waals surface area contributed by atoms with Crippen LogP contribution in [0, 0.1) is 5.82 Å². The highest BCUT2D eigenvalue weighted by molar-refractivity contribution is 7.92. The van der Waals surface area contributed by atoms with E-state index in [-0.39, 0.29) is 18.0 Å². The van der Waals surface area contributed by atoms with Crippen LogP contribution in [0.25, 0.3) is 10.9 Å². The third-order valence-electron chi connectivity index (χ3n) is 5.70. The fourth-order valence-corrected chi connectivity index (χ4v) is 5.57. The lowest BCUT2D eigenvalue weighted by molar-refractivity contribution is 0.0528. The highest BCUT2D eigenvalue weighted by atomic mass is 35.5. The lowest BCUT2D eigenvalue weighted by Crippen LogP contribution is -2.33. The third-order valence-corrected chi connectivity index (χ3v) is 7.69. The summed E-state index contributed by atoms with van der Waals surface area (Å²) in [5, 5.41) is 3.83. The molecule has 12 heteroatoms. The van der Waals surface area contributed by atoms with Gasteiger partial charge in [-0.15, -0.1) is 0 Å². The summed E-state index contributed by atoms with van der Waals surface area (Å²) in [6, 6.07) is 14.2. The molecule has 4 rings (SSSR count). The molecule has 0 fully saturated rings. The van der Waals surface area contributed by atoms with E-state index in [1.165, 1.54) is 30.5 Å². The summed E-state index contributed by atoms with van der Waals surface area (Å²) in [4.78, 5) is 14.1. The molecular weight excluding hydrogens is 580 g/mol. The van der Waals surface area contributed by atoms with Crippen molar-refractivity contribution in [2.24, 2.45) is 0 Å². The molecule has 0 spiro atoms. The molecule has 0 aliphatic carbocycles. The lowest BCUT2D eigenvalue weighted by Gasteiger charge is -2.19. The second kappa shape index (κ2) is 12.0. The van der Waals surface area contributed by atoms with Crippen LogP contribution in [0.15, 0.2) is 65.7 Å². The molecule has 4 aromatic rings. The molecule has 0 radical (unpaired) electrons. The van der Waals surface area contributed by atoms with Crippen molar-refractivity contribution in [1.82, 2.24) is 10.3 Å². The average Bonchev–Trinajstić information content (AvgIpc) is 3.27. The summed E-state index contributed by atoms with van der Waals surface area (Å²) in [6.45, 7) is 5.81. The van der Waals surface area contributed by atoms with Crippen LogP contribution in [0.1, 0.15) is 31.9 Å². The molecule has 0 unspecified atom stereocenters. The van der Waals surface area contributed by atoms with Gasteiger partial charge in [-0.3, -0.25) is 4.72 Å². The van der Waals surface area contributed by atoms with Crippen LogP contribution in [0.4, 0.5) is 14.9 Å². The number of hydrogen-bond acceptors (Lipinski definition) is 5. The molecule has 0 saturated heterocycles. The number of ether oxygens (including phenoxy) is 2. The maximum Gasteiger partial charge on any atom is 0.407 e. The molecule has 0 atom stereocenters. The van der Waals surface area contributed by atoms with Gasteiger partial charge in [-0.2, -0.15) is 0 Å². The van der Waals surface area contributed by atoms with Crippen molar-refractivity contribution in [2.75, 3.05) is 11.3 Å². The van der Waals surface area contributed by atoms with E-state index in [2.05, 4.69) is 15.0 Å². The van der Waals surface area contributed by atoms with Crippen molar-refractivity contribution in [3.63, 3.8) is 0 Å². The fourth-order valence-electron chi connectivity index (χ4n) is 3.85. The molecule has 40 heavy (non-hydrogen) atoms. The maximum atomic E-state index is 15.3. The highest BCUT2D eigenvalue weighted by Crippen LogP contribution is 2.36. The van der Waals surface area contributed by atoms with E-state index in [0.717, 1.165) is 17.2 Å². The van der Waals surface area contributed by atoms with E-state index >= 15 is 4.39 Å². The van der Waals surface area contributed by atoms with Gasteiger partial charge in [-0.25, -0.2) is 17.6 Å². The lowest BCUT2D eigenvalue weighted by atomic mass is 10.1. The quantitative estimate of drug-likeness (QED) is 0.189. The van der Waals surface area contributed by atoms with Gasteiger partial charge in [0.1, 0.15) is 17.1 Å². The van der Waals surface area contributed by atoms with E-state index in [0.29, 0.717) is 33.9 Å². The smallest absolute Gasteiger partial charge is 0.407 e. The normalized spacial score (nSPS) is 11.8. The SMILES string of the molecule is CC(C)(C)OC(=O)NCCc1ccc(COc2cccc(S(=O)(=O)Nc3ccc(Cl)c4c(Cl)c[nH]c34)c2F)cc1. The Morgan fingerprint density at radius 3 is 2.40 bits per heavy atom. The molecule has 0 aliphatic rings. The van der Waals surface area contributed by atoms with Crippen molar-refractivity contribution >= 4 is 55.9 Å². The van der Waals surface area contributed by atoms with E-state index in [1.54, 1.807) is 20.8 Å². The Hall–Kier alpha value is -3.47. The number of anilines is 1. The first-order chi connectivity index (χ1) is 18.8. The van der Waals surface area contributed by atoms with Crippen LogP contribution in [-0.4, -0.2) is 31.6 Å². The van der Waals surface area contributed by atoms with Gasteiger partial charge in [0.2, 0.25) is 0 Å². The molecule has 1 aromatic heterocycles. The number of sulfonamides is 1. The van der Waals surface area contributed by atoms with Gasteiger partial charge in [0, 0.05) is 18.1 Å². The van der Waals surface area contributed by atoms with E-state index in [4.69, 9.17) is 32.7 Å². The van der Waals surface area contributed by atoms with Gasteiger partial charge in [-0.05, 0) is 62.6 Å². The van der Waals surface area contributed by atoms with Crippen LogP contribution in [0.5, 0.6) is 5.75 Å². The Labute approximate surface area is 241 Å². The number of hydrogen-bond donors (Lipinski definition) is 3. The first-order valence-corrected chi connectivity index (χ1v) is 14.5. The molecule has 0 saturated carbocycles. The zero-order valence-corrected chi connectivity index (χ0v) is 24.3. The minimum Gasteiger partial charge on any atom is -0.486 e. The number of aromatic amines is 1. The Balaban J connectivity index is 1.39. The molecule has 1 amide bonds. The predicted octanol–water partition coefficient (Wildman–Crippen LogP) is 7.06. The number of H-pyrrole nitrogens is 1. The molecule has 0 aliphatic heterocycles. The van der Waals surface area contributed by atoms with Crippen LogP contribution >= 0.6 is 23.2 Å². The summed E-state index contributed by atoms with van der Waals surface area (Å²) in [7, 11) is -4.33. The Bertz CT molecular complexity index is 1630. The minimum atomic E-state index is -4.33. The number of rotatable bonds is 9. The van der Waals surface area contributed by atoms with Gasteiger partial charge in [-0.1, -0.05) is 53.5 Å². The van der Waals surface area contributed by atoms with Crippen LogP contribution < -0.4 is 14.8 Å². The fraction of sp³-hybridized carbons (Fsp3) is 0.250. The monoisotopic (exact) mass is 607 g/mol. The highest BCUT2D eigenvalue weighted by Gasteiger charge is 2.24. The van der Waals surface area contributed by atoms with Crippen molar-refractivity contribution < 1.29 is 27.1 Å². The number of fused-ring (bicyclic) bond motifs is 1. The molecule has 3 N–H and O–H groups in total. The summed E-state index contributed by atoms with van der Waals surface area (Å²) >= 11 is 12.3. The number of aromatic nitrogens is 1. The van der Waals surface area contributed by atoms with Crippen molar-refractivity contribution in [1.29, 1.82) is 0 Å². The van der Waals surface area contributed by atoms with E-state index in [9.17, 15) is 13.2 Å². The second-order valence-electron chi connectivity index (χ2n) is 9.94. The Morgan fingerprint density at radius 2 is 1.70 bits per heavy atom. The molecule has 1 heterocycles. The number of benzene rings is 3. The topological polar surface area (TPSA) is 110 Å². The molecule has 0 bridgehead atoms. The van der Waals surface area contributed by atoms with Gasteiger partial charge in [0.25, 0.3) is 10.0 Å². The van der Waals surface area contributed by atoms with Crippen LogP contribution in [0.3, 0.4) is 0 Å². The Kier molecular flexibility index (Phi) is 8.82. The van der Waals surface area contributed by atoms with E-state index < -0.39 is 32.4 Å². The number of nitrogens with one attached hydrogen (secondary N) is 3. The van der Waals surface area contributed by atoms with Gasteiger partial charge < -0.3 is 19.8 Å². The number of alkyl carbamates (subject to hydrolysis) is 1. The first kappa shape index (κ1) is 29.5. The third kappa shape index (κ3) is 7.18. The van der Waals surface area contributed by atoms with Crippen molar-refractivity contribution in [3.8, 4) is 5.75 Å². The van der Waals surface area contributed by atoms with Gasteiger partial charge in [0.15, 0.2) is 11.6 Å². The summed E-state index contributed by atoms with van der Waals surface area (Å²) in [5.74, 6) is -1.23. The number of carbonyl (C=O) groups is 1. The summed E-state index contributed by atoms with van der Waals surface area (Å²) in [5.41, 5.74) is 1.70. The first-order valence-electron chi connectivity index (χ1n) is 12.3. The largest absolute Gasteiger partial charge is 0.486 e. The molecule has 3 aromatic carbocycles.